The van der Waals surface area contributed by atoms with Gasteiger partial charge < -0.3 is 10.5 Å². The topological polar surface area (TPSA) is 88.1 Å². The second-order valence-electron chi connectivity index (χ2n) is 4.10. The van der Waals surface area contributed by atoms with Crippen LogP contribution >= 0.6 is 0 Å². The average Bonchev–Trinajstić information content (AvgIpc) is 2.48. The van der Waals surface area contributed by atoms with Gasteiger partial charge >= 0.3 is 6.09 Å². The molecule has 2 aromatic rings. The Balaban J connectivity index is 1.93. The smallest absolute Gasteiger partial charge is 0.412 e. The predicted octanol–water partition coefficient (Wildman–Crippen LogP) is 2.89. The van der Waals surface area contributed by atoms with Crippen molar-refractivity contribution in [3.05, 3.63) is 59.7 Å². The van der Waals surface area contributed by atoms with Crippen LogP contribution in [0.4, 0.5) is 16.2 Å². The number of hydrogen-bond donors (Lipinski definition) is 2. The number of benzene rings is 2. The van der Waals surface area contributed by atoms with Gasteiger partial charge in [-0.05, 0) is 23.8 Å². The molecular formula is C15H13N3O2. The molecule has 2 rings (SSSR count). The average molecular weight is 267 g/mol. The third-order valence-corrected chi connectivity index (χ3v) is 2.63. The molecule has 0 radical (unpaired) electrons. The fourth-order valence-electron chi connectivity index (χ4n) is 1.62. The Morgan fingerprint density at radius 3 is 2.65 bits per heavy atom. The van der Waals surface area contributed by atoms with E-state index < -0.39 is 6.09 Å². The summed E-state index contributed by atoms with van der Waals surface area (Å²) in [6.45, 7) is 0.183. The van der Waals surface area contributed by atoms with Crippen molar-refractivity contribution in [2.45, 2.75) is 6.61 Å². The maximum Gasteiger partial charge on any atom is 0.412 e. The zero-order chi connectivity index (χ0) is 14.4. The highest BCUT2D eigenvalue weighted by Gasteiger charge is 2.07. The van der Waals surface area contributed by atoms with Gasteiger partial charge in [0.15, 0.2) is 0 Å². The van der Waals surface area contributed by atoms with E-state index in [9.17, 15) is 4.79 Å². The van der Waals surface area contributed by atoms with E-state index >= 15 is 0 Å². The Morgan fingerprint density at radius 2 is 2.00 bits per heavy atom. The van der Waals surface area contributed by atoms with Gasteiger partial charge in [0, 0.05) is 0 Å². The van der Waals surface area contributed by atoms with E-state index in [1.165, 1.54) is 6.07 Å². The fourth-order valence-corrected chi connectivity index (χ4v) is 1.62. The lowest BCUT2D eigenvalue weighted by molar-refractivity contribution is 0.155. The number of ether oxygens (including phenoxy) is 1. The maximum atomic E-state index is 11.6. The molecule has 100 valence electrons. The van der Waals surface area contributed by atoms with Crippen molar-refractivity contribution in [2.24, 2.45) is 0 Å². The number of carbonyl (C=O) groups is 1. The number of rotatable bonds is 3. The summed E-state index contributed by atoms with van der Waals surface area (Å²) in [5, 5.41) is 11.3. The van der Waals surface area contributed by atoms with Gasteiger partial charge in [-0.2, -0.15) is 5.26 Å². The van der Waals surface area contributed by atoms with E-state index in [2.05, 4.69) is 5.32 Å². The molecule has 5 heteroatoms. The number of amides is 1. The predicted molar refractivity (Wildman–Crippen MR) is 75.8 cm³/mol. The molecule has 0 aliphatic carbocycles. The second-order valence-corrected chi connectivity index (χ2v) is 4.10. The van der Waals surface area contributed by atoms with Crippen LogP contribution in [0.15, 0.2) is 48.5 Å². The molecule has 3 N–H and O–H groups in total. The van der Waals surface area contributed by atoms with E-state index in [0.717, 1.165) is 5.56 Å². The third kappa shape index (κ3) is 3.50. The largest absolute Gasteiger partial charge is 0.444 e. The molecule has 1 amide bonds. The summed E-state index contributed by atoms with van der Waals surface area (Å²) in [6.07, 6.45) is -0.592. The number of nitrogens with one attached hydrogen (secondary N) is 1. The van der Waals surface area contributed by atoms with Gasteiger partial charge in [-0.1, -0.05) is 30.3 Å². The van der Waals surface area contributed by atoms with Gasteiger partial charge in [0.05, 0.1) is 23.0 Å². The van der Waals surface area contributed by atoms with Gasteiger partial charge in [0.2, 0.25) is 0 Å². The number of nitrogens with zero attached hydrogens (tertiary/aromatic N) is 1. The highest BCUT2D eigenvalue weighted by Crippen LogP contribution is 2.19. The summed E-state index contributed by atoms with van der Waals surface area (Å²) >= 11 is 0. The van der Waals surface area contributed by atoms with E-state index in [1.807, 2.05) is 36.4 Å². The summed E-state index contributed by atoms with van der Waals surface area (Å²) in [7, 11) is 0. The highest BCUT2D eigenvalue weighted by molar-refractivity contribution is 5.89. The van der Waals surface area contributed by atoms with Crippen molar-refractivity contribution >= 4 is 17.5 Å². The Labute approximate surface area is 116 Å². The molecule has 5 nitrogen and oxygen atoms in total. The van der Waals surface area contributed by atoms with Crippen LogP contribution in [0.2, 0.25) is 0 Å². The lowest BCUT2D eigenvalue weighted by Gasteiger charge is -2.09. The number of nitrogen functional groups attached to an aromatic ring is 1. The van der Waals surface area contributed by atoms with Crippen LogP contribution in [0.3, 0.4) is 0 Å². The van der Waals surface area contributed by atoms with Crippen molar-refractivity contribution in [1.29, 1.82) is 5.26 Å². The van der Waals surface area contributed by atoms with Crippen molar-refractivity contribution in [3.8, 4) is 6.07 Å². The molecule has 0 bridgehead atoms. The van der Waals surface area contributed by atoms with Gasteiger partial charge in [-0.15, -0.1) is 0 Å². The first-order chi connectivity index (χ1) is 9.69. The molecule has 2 aromatic carbocycles. The van der Waals surface area contributed by atoms with Crippen LogP contribution < -0.4 is 11.1 Å². The first-order valence-electron chi connectivity index (χ1n) is 5.96. The Morgan fingerprint density at radius 1 is 1.25 bits per heavy atom. The Hall–Kier alpha value is -3.00. The van der Waals surface area contributed by atoms with Crippen molar-refractivity contribution < 1.29 is 9.53 Å². The zero-order valence-corrected chi connectivity index (χ0v) is 10.7. The number of nitrogens with two attached hydrogens (primary N) is 1. The molecule has 0 saturated heterocycles. The minimum Gasteiger partial charge on any atom is -0.444 e. The van der Waals surface area contributed by atoms with Crippen molar-refractivity contribution in [2.75, 3.05) is 11.1 Å². The van der Waals surface area contributed by atoms with E-state index in [4.69, 9.17) is 15.7 Å². The molecule has 0 heterocycles. The van der Waals surface area contributed by atoms with Crippen LogP contribution in [0, 0.1) is 11.3 Å². The first kappa shape index (κ1) is 13.4. The van der Waals surface area contributed by atoms with Crippen LogP contribution in [0.25, 0.3) is 0 Å². The zero-order valence-electron chi connectivity index (χ0n) is 10.7. The number of carbonyl (C=O) groups excluding carboxylic acids is 1. The molecule has 20 heavy (non-hydrogen) atoms. The highest BCUT2D eigenvalue weighted by atomic mass is 16.5. The normalized spacial score (nSPS) is 9.55. The first-order valence-corrected chi connectivity index (χ1v) is 5.96. The van der Waals surface area contributed by atoms with E-state index in [1.54, 1.807) is 12.1 Å². The van der Waals surface area contributed by atoms with Gasteiger partial charge in [0.25, 0.3) is 0 Å². The van der Waals surface area contributed by atoms with Gasteiger partial charge in [-0.25, -0.2) is 4.79 Å². The SMILES string of the molecule is N#Cc1ccc(NC(=O)OCc2ccccc2)c(N)c1. The minimum absolute atomic E-state index is 0.183. The van der Waals surface area contributed by atoms with E-state index in [0.29, 0.717) is 16.9 Å². The quantitative estimate of drug-likeness (QED) is 0.837. The Bertz CT molecular complexity index is 648. The number of nitriles is 1. The summed E-state index contributed by atoms with van der Waals surface area (Å²) in [5.41, 5.74) is 7.80. The number of anilines is 2. The summed E-state index contributed by atoms with van der Waals surface area (Å²) in [5.74, 6) is 0. The summed E-state index contributed by atoms with van der Waals surface area (Å²) in [4.78, 5) is 11.6. The molecule has 0 fully saturated rings. The number of hydrogen-bond acceptors (Lipinski definition) is 4. The monoisotopic (exact) mass is 267 g/mol. The van der Waals surface area contributed by atoms with Gasteiger partial charge in [-0.3, -0.25) is 5.32 Å². The summed E-state index contributed by atoms with van der Waals surface area (Å²) in [6, 6.07) is 16.0. The lowest BCUT2D eigenvalue weighted by atomic mass is 10.2. The van der Waals surface area contributed by atoms with Crippen molar-refractivity contribution in [1.82, 2.24) is 0 Å². The molecule has 0 saturated carbocycles. The van der Waals surface area contributed by atoms with Gasteiger partial charge in [0.1, 0.15) is 6.61 Å². The molecule has 0 aliphatic rings. The summed E-state index contributed by atoms with van der Waals surface area (Å²) < 4.78 is 5.07. The van der Waals surface area contributed by atoms with Crippen LogP contribution in [-0.4, -0.2) is 6.09 Å². The van der Waals surface area contributed by atoms with Crippen LogP contribution in [0.5, 0.6) is 0 Å². The third-order valence-electron chi connectivity index (χ3n) is 2.63. The molecule has 0 aromatic heterocycles. The maximum absolute atomic E-state index is 11.6. The molecule has 0 aliphatic heterocycles. The van der Waals surface area contributed by atoms with Crippen molar-refractivity contribution in [3.63, 3.8) is 0 Å². The van der Waals surface area contributed by atoms with E-state index in [-0.39, 0.29) is 6.61 Å². The molecule has 0 unspecified atom stereocenters. The molecule has 0 spiro atoms. The van der Waals surface area contributed by atoms with Crippen LogP contribution in [0.1, 0.15) is 11.1 Å². The van der Waals surface area contributed by atoms with Crippen LogP contribution in [-0.2, 0) is 11.3 Å². The fraction of sp³-hybridized carbons (Fsp3) is 0.0667. The molecule has 0 atom stereocenters. The lowest BCUT2D eigenvalue weighted by Crippen LogP contribution is -2.14. The Kier molecular flexibility index (Phi) is 4.20. The standard InChI is InChI=1S/C15H13N3O2/c16-9-12-6-7-14(13(17)8-12)18-15(19)20-10-11-4-2-1-3-5-11/h1-8H,10,17H2,(H,18,19). The minimum atomic E-state index is -0.592. The molecular weight excluding hydrogens is 254 g/mol. The second kappa shape index (κ2) is 6.25.